The van der Waals surface area contributed by atoms with E-state index in [2.05, 4.69) is 26.3 Å². The topological polar surface area (TPSA) is 67.8 Å². The first-order valence-corrected chi connectivity index (χ1v) is 10.5. The summed E-state index contributed by atoms with van der Waals surface area (Å²) in [6.45, 7) is 5.81. The van der Waals surface area contributed by atoms with Crippen molar-refractivity contribution < 1.29 is 4.79 Å². The van der Waals surface area contributed by atoms with E-state index in [1.54, 1.807) is 6.20 Å². The molecule has 0 spiro atoms. The number of halogens is 1. The molecule has 0 saturated carbocycles. The molecule has 27 heavy (non-hydrogen) atoms. The molecule has 2 heterocycles. The number of carbonyl (C=O) groups is 1. The molecule has 0 radical (unpaired) electrons. The number of carbonyl (C=O) groups excluding carboxylic acids is 1. The number of thioether (sulfide) groups is 1. The molecule has 0 aliphatic carbocycles. The number of thiazole rings is 1. The highest BCUT2D eigenvalue weighted by atomic mass is 35.5. The molecule has 0 fully saturated rings. The number of hydrogen-bond donors (Lipinski definition) is 1. The smallest absolute Gasteiger partial charge is 0.236 e. The van der Waals surface area contributed by atoms with Crippen molar-refractivity contribution in [3.63, 3.8) is 0 Å². The van der Waals surface area contributed by atoms with Gasteiger partial charge in [0.05, 0.1) is 5.75 Å². The van der Waals surface area contributed by atoms with Crippen molar-refractivity contribution in [2.75, 3.05) is 11.1 Å². The van der Waals surface area contributed by atoms with E-state index in [0.717, 1.165) is 38.8 Å². The molecule has 1 amide bonds. The molecular formula is C19H19ClN4OS2. The summed E-state index contributed by atoms with van der Waals surface area (Å²) in [6.07, 6.45) is 2.52. The van der Waals surface area contributed by atoms with Gasteiger partial charge in [-0.1, -0.05) is 35.5 Å². The van der Waals surface area contributed by atoms with E-state index in [4.69, 9.17) is 11.6 Å². The lowest BCUT2D eigenvalue weighted by molar-refractivity contribution is -0.113. The maximum absolute atomic E-state index is 12.2. The van der Waals surface area contributed by atoms with Crippen molar-refractivity contribution in [1.82, 2.24) is 15.0 Å². The number of amides is 1. The lowest BCUT2D eigenvalue weighted by Gasteiger charge is -2.03. The Morgan fingerprint density at radius 2 is 1.93 bits per heavy atom. The van der Waals surface area contributed by atoms with Crippen LogP contribution in [0.25, 0.3) is 0 Å². The van der Waals surface area contributed by atoms with Crippen LogP contribution in [0, 0.1) is 20.8 Å². The van der Waals surface area contributed by atoms with Crippen molar-refractivity contribution in [3.8, 4) is 0 Å². The second-order valence-corrected chi connectivity index (χ2v) is 8.63. The summed E-state index contributed by atoms with van der Waals surface area (Å²) in [6, 6.07) is 7.94. The molecule has 8 heteroatoms. The number of anilines is 1. The van der Waals surface area contributed by atoms with E-state index in [9.17, 15) is 4.79 Å². The Hall–Kier alpha value is -1.96. The maximum Gasteiger partial charge on any atom is 0.236 e. The fourth-order valence-corrected chi connectivity index (χ4v) is 4.25. The summed E-state index contributed by atoms with van der Waals surface area (Å²) in [5.41, 5.74) is 3.97. The predicted octanol–water partition coefficient (Wildman–Crippen LogP) is 4.83. The Morgan fingerprint density at radius 3 is 2.63 bits per heavy atom. The molecule has 1 N–H and O–H groups in total. The number of nitrogens with one attached hydrogen (secondary N) is 1. The van der Waals surface area contributed by atoms with Crippen molar-refractivity contribution in [2.45, 2.75) is 32.3 Å². The molecule has 0 bridgehead atoms. The molecule has 3 aromatic rings. The monoisotopic (exact) mass is 418 g/mol. The molecule has 0 aliphatic rings. The molecule has 0 unspecified atom stereocenters. The molecule has 5 nitrogen and oxygen atoms in total. The van der Waals surface area contributed by atoms with Crippen molar-refractivity contribution >= 4 is 45.7 Å². The van der Waals surface area contributed by atoms with Crippen LogP contribution < -0.4 is 5.32 Å². The summed E-state index contributed by atoms with van der Waals surface area (Å²) in [5, 5.41) is 4.80. The van der Waals surface area contributed by atoms with Crippen LogP contribution in [0.4, 0.5) is 5.13 Å². The van der Waals surface area contributed by atoms with Gasteiger partial charge in [-0.25, -0.2) is 15.0 Å². The molecule has 0 atom stereocenters. The van der Waals surface area contributed by atoms with E-state index in [-0.39, 0.29) is 11.7 Å². The molecule has 0 aliphatic heterocycles. The number of benzene rings is 1. The fourth-order valence-electron chi connectivity index (χ4n) is 2.44. The Labute approximate surface area is 171 Å². The first kappa shape index (κ1) is 19.8. The minimum atomic E-state index is -0.123. The van der Waals surface area contributed by atoms with Crippen LogP contribution in [0.5, 0.6) is 0 Å². The van der Waals surface area contributed by atoms with Gasteiger partial charge in [0.25, 0.3) is 0 Å². The quantitative estimate of drug-likeness (QED) is 0.458. The lowest BCUT2D eigenvalue weighted by Crippen LogP contribution is -2.14. The number of rotatable bonds is 6. The van der Waals surface area contributed by atoms with Gasteiger partial charge in [-0.05, 0) is 44.0 Å². The van der Waals surface area contributed by atoms with Crippen LogP contribution in [0.2, 0.25) is 5.02 Å². The van der Waals surface area contributed by atoms with Crippen LogP contribution in [0.3, 0.4) is 0 Å². The van der Waals surface area contributed by atoms with Crippen LogP contribution in [0.1, 0.15) is 27.4 Å². The van der Waals surface area contributed by atoms with Crippen LogP contribution in [-0.2, 0) is 11.2 Å². The van der Waals surface area contributed by atoms with Crippen molar-refractivity contribution in [3.05, 3.63) is 62.9 Å². The van der Waals surface area contributed by atoms with E-state index >= 15 is 0 Å². The van der Waals surface area contributed by atoms with Gasteiger partial charge >= 0.3 is 0 Å². The Kier molecular flexibility index (Phi) is 6.46. The summed E-state index contributed by atoms with van der Waals surface area (Å²) in [5.74, 6) is 0.118. The van der Waals surface area contributed by atoms with Gasteiger partial charge in [0.2, 0.25) is 5.91 Å². The molecule has 140 valence electrons. The van der Waals surface area contributed by atoms with E-state index in [1.165, 1.54) is 23.1 Å². The Balaban J connectivity index is 1.55. The molecule has 3 rings (SSSR count). The van der Waals surface area contributed by atoms with Gasteiger partial charge in [0.1, 0.15) is 0 Å². The standard InChI is InChI=1S/C19H19ClN4OS2/c1-11-4-5-14(8-16(11)20)7-15-9-21-18(27-15)24-17(25)10-26-19-22-12(2)6-13(3)23-19/h4-6,8-9H,7,10H2,1-3H3,(H,21,24,25). The average molecular weight is 419 g/mol. The maximum atomic E-state index is 12.2. The first-order valence-electron chi connectivity index (χ1n) is 8.34. The third kappa shape index (κ3) is 5.76. The van der Waals surface area contributed by atoms with Gasteiger partial charge < -0.3 is 5.32 Å². The first-order chi connectivity index (χ1) is 12.9. The van der Waals surface area contributed by atoms with Gasteiger partial charge in [-0.3, -0.25) is 4.79 Å². The van der Waals surface area contributed by atoms with Crippen LogP contribution in [-0.4, -0.2) is 26.6 Å². The summed E-state index contributed by atoms with van der Waals surface area (Å²) in [7, 11) is 0. The summed E-state index contributed by atoms with van der Waals surface area (Å²) < 4.78 is 0. The normalized spacial score (nSPS) is 10.8. The van der Waals surface area contributed by atoms with Crippen molar-refractivity contribution in [1.29, 1.82) is 0 Å². The zero-order valence-corrected chi connectivity index (χ0v) is 17.6. The highest BCUT2D eigenvalue weighted by molar-refractivity contribution is 7.99. The fraction of sp³-hybridized carbons (Fsp3) is 0.263. The summed E-state index contributed by atoms with van der Waals surface area (Å²) in [4.78, 5) is 26.2. The van der Waals surface area contributed by atoms with Gasteiger partial charge in [0.15, 0.2) is 10.3 Å². The third-order valence-electron chi connectivity index (χ3n) is 3.71. The zero-order valence-electron chi connectivity index (χ0n) is 15.2. The molecule has 2 aromatic heterocycles. The number of aryl methyl sites for hydroxylation is 3. The highest BCUT2D eigenvalue weighted by Crippen LogP contribution is 2.24. The number of nitrogens with zero attached hydrogens (tertiary/aromatic N) is 3. The van der Waals surface area contributed by atoms with E-state index in [0.29, 0.717) is 10.3 Å². The Morgan fingerprint density at radius 1 is 1.19 bits per heavy atom. The Bertz CT molecular complexity index is 954. The molecule has 0 saturated heterocycles. The van der Waals surface area contributed by atoms with Crippen LogP contribution >= 0.6 is 34.7 Å². The SMILES string of the molecule is Cc1cc(C)nc(SCC(=O)Nc2ncc(Cc3ccc(C)c(Cl)c3)s2)n1. The second-order valence-electron chi connectivity index (χ2n) is 6.16. The second kappa shape index (κ2) is 8.82. The molecule has 1 aromatic carbocycles. The molecular weight excluding hydrogens is 400 g/mol. The average Bonchev–Trinajstić information content (AvgIpc) is 3.02. The minimum absolute atomic E-state index is 0.123. The highest BCUT2D eigenvalue weighted by Gasteiger charge is 2.10. The van der Waals surface area contributed by atoms with Gasteiger partial charge in [0, 0.05) is 33.9 Å². The van der Waals surface area contributed by atoms with Gasteiger partial charge in [-0.15, -0.1) is 11.3 Å². The largest absolute Gasteiger partial charge is 0.301 e. The summed E-state index contributed by atoms with van der Waals surface area (Å²) >= 11 is 8.96. The van der Waals surface area contributed by atoms with E-state index in [1.807, 2.05) is 39.0 Å². The minimum Gasteiger partial charge on any atom is -0.301 e. The predicted molar refractivity (Wildman–Crippen MR) is 112 cm³/mol. The van der Waals surface area contributed by atoms with Crippen molar-refractivity contribution in [2.24, 2.45) is 0 Å². The van der Waals surface area contributed by atoms with Crippen LogP contribution in [0.15, 0.2) is 35.6 Å². The third-order valence-corrected chi connectivity index (χ3v) is 5.88. The number of aromatic nitrogens is 3. The van der Waals surface area contributed by atoms with Gasteiger partial charge in [-0.2, -0.15) is 0 Å². The zero-order chi connectivity index (χ0) is 19.4. The van der Waals surface area contributed by atoms with E-state index < -0.39 is 0 Å². The number of hydrogen-bond acceptors (Lipinski definition) is 6. The lowest BCUT2D eigenvalue weighted by atomic mass is 10.1.